The minimum Gasteiger partial charge on any atom is -0.312 e. The van der Waals surface area contributed by atoms with E-state index in [1.807, 2.05) is 0 Å². The van der Waals surface area contributed by atoms with Gasteiger partial charge < -0.3 is 14.8 Å². The highest BCUT2D eigenvalue weighted by atomic mass is 15.3. The number of fused-ring (bicyclic) bond motifs is 1. The first-order valence-corrected chi connectivity index (χ1v) is 9.75. The maximum absolute atomic E-state index is 4.53. The van der Waals surface area contributed by atoms with Crippen molar-refractivity contribution in [2.75, 3.05) is 26.2 Å². The van der Waals surface area contributed by atoms with Crippen molar-refractivity contribution < 1.29 is 0 Å². The van der Waals surface area contributed by atoms with Crippen LogP contribution in [0.1, 0.15) is 68.9 Å². The molecule has 2 fully saturated rings. The minimum absolute atomic E-state index is 0.625. The molecule has 23 heavy (non-hydrogen) atoms. The van der Waals surface area contributed by atoms with Gasteiger partial charge in [0.1, 0.15) is 11.6 Å². The summed E-state index contributed by atoms with van der Waals surface area (Å²) in [7, 11) is 0. The van der Waals surface area contributed by atoms with E-state index in [9.17, 15) is 0 Å². The fourth-order valence-corrected chi connectivity index (χ4v) is 4.70. The zero-order valence-electron chi connectivity index (χ0n) is 14.3. The second kappa shape index (κ2) is 7.31. The Hall–Kier alpha value is -0.940. The van der Waals surface area contributed by atoms with Crippen molar-refractivity contribution in [3.63, 3.8) is 0 Å². The van der Waals surface area contributed by atoms with Crippen molar-refractivity contribution in [1.82, 2.24) is 25.0 Å². The summed E-state index contributed by atoms with van der Waals surface area (Å²) >= 11 is 0. The van der Waals surface area contributed by atoms with Crippen LogP contribution < -0.4 is 5.32 Å². The van der Waals surface area contributed by atoms with Crippen molar-refractivity contribution in [3.05, 3.63) is 11.6 Å². The molecule has 128 valence electrons. The molecule has 0 bridgehead atoms. The molecule has 3 heterocycles. The minimum atomic E-state index is 0.625. The monoisotopic (exact) mass is 317 g/mol. The van der Waals surface area contributed by atoms with Gasteiger partial charge in [-0.3, -0.25) is 0 Å². The largest absolute Gasteiger partial charge is 0.312 e. The van der Waals surface area contributed by atoms with Crippen LogP contribution in [-0.2, 0) is 13.1 Å². The van der Waals surface area contributed by atoms with Crippen LogP contribution in [0.5, 0.6) is 0 Å². The smallest absolute Gasteiger partial charge is 0.147 e. The van der Waals surface area contributed by atoms with Crippen LogP contribution in [0.2, 0.25) is 0 Å². The van der Waals surface area contributed by atoms with E-state index < -0.39 is 0 Å². The van der Waals surface area contributed by atoms with Crippen LogP contribution in [0, 0.1) is 5.92 Å². The SMILES string of the molecule is C1CCCC(CN2CCC(c3nnc4n3CCNC4)CC2)CC1. The number of piperidine rings is 1. The molecule has 0 atom stereocenters. The Morgan fingerprint density at radius 3 is 2.48 bits per heavy atom. The second-order valence-electron chi connectivity index (χ2n) is 7.74. The molecule has 0 aromatic carbocycles. The maximum atomic E-state index is 4.53. The molecule has 0 amide bonds. The number of nitrogens with zero attached hydrogens (tertiary/aromatic N) is 4. The van der Waals surface area contributed by atoms with Gasteiger partial charge in [-0.15, -0.1) is 10.2 Å². The molecule has 1 saturated heterocycles. The van der Waals surface area contributed by atoms with Crippen molar-refractivity contribution in [2.24, 2.45) is 5.92 Å². The maximum Gasteiger partial charge on any atom is 0.147 e. The lowest BCUT2D eigenvalue weighted by Gasteiger charge is -2.34. The van der Waals surface area contributed by atoms with Gasteiger partial charge in [0.25, 0.3) is 0 Å². The highest BCUT2D eigenvalue weighted by Crippen LogP contribution is 2.30. The zero-order valence-corrected chi connectivity index (χ0v) is 14.3. The van der Waals surface area contributed by atoms with E-state index in [-0.39, 0.29) is 0 Å². The van der Waals surface area contributed by atoms with Gasteiger partial charge in [-0.05, 0) is 44.7 Å². The van der Waals surface area contributed by atoms with Gasteiger partial charge in [0.2, 0.25) is 0 Å². The lowest BCUT2D eigenvalue weighted by molar-refractivity contribution is 0.172. The molecule has 4 rings (SSSR count). The molecule has 0 unspecified atom stereocenters. The average molecular weight is 317 g/mol. The van der Waals surface area contributed by atoms with Crippen LogP contribution in [0.15, 0.2) is 0 Å². The van der Waals surface area contributed by atoms with Crippen LogP contribution in [-0.4, -0.2) is 45.8 Å². The van der Waals surface area contributed by atoms with Crippen LogP contribution in [0.25, 0.3) is 0 Å². The first-order chi connectivity index (χ1) is 11.4. The number of aromatic nitrogens is 3. The highest BCUT2D eigenvalue weighted by Gasteiger charge is 2.28. The van der Waals surface area contributed by atoms with Crippen LogP contribution >= 0.6 is 0 Å². The Morgan fingerprint density at radius 2 is 1.70 bits per heavy atom. The molecule has 1 aromatic heterocycles. The molecule has 2 aliphatic heterocycles. The predicted octanol–water partition coefficient (Wildman–Crippen LogP) is 2.53. The molecular weight excluding hydrogens is 286 g/mol. The van der Waals surface area contributed by atoms with E-state index in [4.69, 9.17) is 0 Å². The summed E-state index contributed by atoms with van der Waals surface area (Å²) in [6, 6.07) is 0. The molecule has 3 aliphatic rings. The van der Waals surface area contributed by atoms with Crippen molar-refractivity contribution >= 4 is 0 Å². The molecular formula is C18H31N5. The summed E-state index contributed by atoms with van der Waals surface area (Å²) in [5.41, 5.74) is 0. The average Bonchev–Trinajstić information content (AvgIpc) is 2.86. The summed E-state index contributed by atoms with van der Waals surface area (Å²) in [6.07, 6.45) is 11.3. The number of rotatable bonds is 3. The van der Waals surface area contributed by atoms with Crippen molar-refractivity contribution in [1.29, 1.82) is 0 Å². The number of hydrogen-bond donors (Lipinski definition) is 1. The molecule has 1 saturated carbocycles. The number of likely N-dealkylation sites (tertiary alicyclic amines) is 1. The molecule has 0 radical (unpaired) electrons. The molecule has 1 aliphatic carbocycles. The summed E-state index contributed by atoms with van der Waals surface area (Å²) in [5, 5.41) is 12.3. The molecule has 5 heteroatoms. The molecule has 1 aromatic rings. The van der Waals surface area contributed by atoms with Gasteiger partial charge >= 0.3 is 0 Å². The third kappa shape index (κ3) is 3.61. The Kier molecular flexibility index (Phi) is 4.95. The Morgan fingerprint density at radius 1 is 0.913 bits per heavy atom. The van der Waals surface area contributed by atoms with E-state index in [0.717, 1.165) is 31.4 Å². The first-order valence-electron chi connectivity index (χ1n) is 9.75. The van der Waals surface area contributed by atoms with Gasteiger partial charge in [0.15, 0.2) is 0 Å². The summed E-state index contributed by atoms with van der Waals surface area (Å²) in [4.78, 5) is 2.72. The van der Waals surface area contributed by atoms with Gasteiger partial charge in [0, 0.05) is 25.6 Å². The predicted molar refractivity (Wildman–Crippen MR) is 91.3 cm³/mol. The van der Waals surface area contributed by atoms with E-state index >= 15 is 0 Å². The van der Waals surface area contributed by atoms with Gasteiger partial charge in [0.05, 0.1) is 6.54 Å². The van der Waals surface area contributed by atoms with Crippen LogP contribution in [0.4, 0.5) is 0 Å². The zero-order chi connectivity index (χ0) is 15.5. The Labute approximate surface area is 139 Å². The standard InChI is InChI=1S/C18H31N5/c1-2-4-6-15(5-3-1)14-22-10-7-16(8-11-22)18-21-20-17-13-19-9-12-23(17)18/h15-16,19H,1-14H2. The van der Waals surface area contributed by atoms with Gasteiger partial charge in [-0.25, -0.2) is 0 Å². The highest BCUT2D eigenvalue weighted by molar-refractivity contribution is 5.05. The van der Waals surface area contributed by atoms with Gasteiger partial charge in [-0.2, -0.15) is 0 Å². The fourth-order valence-electron chi connectivity index (χ4n) is 4.70. The number of nitrogens with one attached hydrogen (secondary N) is 1. The molecule has 0 spiro atoms. The lowest BCUT2D eigenvalue weighted by atomic mass is 9.93. The second-order valence-corrected chi connectivity index (χ2v) is 7.74. The quantitative estimate of drug-likeness (QED) is 0.870. The molecule has 1 N–H and O–H groups in total. The summed E-state index contributed by atoms with van der Waals surface area (Å²) in [5.74, 6) is 3.98. The van der Waals surface area contributed by atoms with E-state index in [1.165, 1.54) is 76.8 Å². The van der Waals surface area contributed by atoms with Crippen molar-refractivity contribution in [3.8, 4) is 0 Å². The Balaban J connectivity index is 1.31. The van der Waals surface area contributed by atoms with Crippen LogP contribution in [0.3, 0.4) is 0 Å². The summed E-state index contributed by atoms with van der Waals surface area (Å²) in [6.45, 7) is 6.82. The normalized spacial score (nSPS) is 25.2. The lowest BCUT2D eigenvalue weighted by Crippen LogP contribution is -2.37. The molecule has 5 nitrogen and oxygen atoms in total. The number of hydrogen-bond acceptors (Lipinski definition) is 4. The fraction of sp³-hybridized carbons (Fsp3) is 0.889. The van der Waals surface area contributed by atoms with E-state index in [2.05, 4.69) is 25.0 Å². The van der Waals surface area contributed by atoms with Gasteiger partial charge in [-0.1, -0.05) is 25.7 Å². The van der Waals surface area contributed by atoms with E-state index in [0.29, 0.717) is 5.92 Å². The topological polar surface area (TPSA) is 46.0 Å². The Bertz CT molecular complexity index is 496. The first kappa shape index (κ1) is 15.6. The van der Waals surface area contributed by atoms with E-state index in [1.54, 1.807) is 0 Å². The third-order valence-corrected chi connectivity index (χ3v) is 6.10. The summed E-state index contributed by atoms with van der Waals surface area (Å²) < 4.78 is 2.38. The van der Waals surface area contributed by atoms with Crippen molar-refractivity contribution in [2.45, 2.75) is 70.4 Å². The third-order valence-electron chi connectivity index (χ3n) is 6.10.